The summed E-state index contributed by atoms with van der Waals surface area (Å²) in [6.45, 7) is 6.38. The molecule has 13 heavy (non-hydrogen) atoms. The third-order valence-electron chi connectivity index (χ3n) is 2.84. The first kappa shape index (κ1) is 11.0. The van der Waals surface area contributed by atoms with Crippen molar-refractivity contribution in [2.45, 2.75) is 38.0 Å². The fourth-order valence-corrected chi connectivity index (χ4v) is 2.95. The lowest BCUT2D eigenvalue weighted by atomic mass is 10.1. The van der Waals surface area contributed by atoms with Crippen molar-refractivity contribution in [2.75, 3.05) is 19.3 Å². The Kier molecular flexibility index (Phi) is 3.35. The number of nitrogens with one attached hydrogen (secondary N) is 1. The van der Waals surface area contributed by atoms with Gasteiger partial charge in [0.25, 0.3) is 0 Å². The van der Waals surface area contributed by atoms with Crippen LogP contribution in [0.3, 0.4) is 0 Å². The van der Waals surface area contributed by atoms with Crippen molar-refractivity contribution in [1.29, 1.82) is 4.78 Å². The van der Waals surface area contributed by atoms with E-state index in [1.54, 1.807) is 6.26 Å². The van der Waals surface area contributed by atoms with Gasteiger partial charge in [0.15, 0.2) is 0 Å². The molecule has 1 aliphatic heterocycles. The maximum Gasteiger partial charge on any atom is 0.0449 e. The van der Waals surface area contributed by atoms with E-state index in [0.717, 1.165) is 25.9 Å². The molecule has 0 aliphatic carbocycles. The maximum absolute atomic E-state index is 11.5. The molecule has 0 bridgehead atoms. The predicted molar refractivity (Wildman–Crippen MR) is 56.5 cm³/mol. The van der Waals surface area contributed by atoms with Crippen molar-refractivity contribution in [2.24, 2.45) is 0 Å². The molecule has 0 spiro atoms. The summed E-state index contributed by atoms with van der Waals surface area (Å²) in [6.07, 6.45) is 3.43. The molecule has 1 fully saturated rings. The Balaban J connectivity index is 2.49. The third kappa shape index (κ3) is 2.95. The lowest BCUT2D eigenvalue weighted by Crippen LogP contribution is -2.42. The molecule has 0 saturated carbocycles. The minimum Gasteiger partial charge on any atom is -0.301 e. The molecular weight excluding hydrogens is 184 g/mol. The van der Waals surface area contributed by atoms with Gasteiger partial charge in [0.05, 0.1) is 0 Å². The van der Waals surface area contributed by atoms with Crippen molar-refractivity contribution >= 4 is 9.73 Å². The Morgan fingerprint density at radius 1 is 1.38 bits per heavy atom. The topological polar surface area (TPSA) is 44.2 Å². The highest BCUT2D eigenvalue weighted by molar-refractivity contribution is 7.92. The zero-order chi connectivity index (χ0) is 10.1. The van der Waals surface area contributed by atoms with E-state index < -0.39 is 9.73 Å². The van der Waals surface area contributed by atoms with Crippen LogP contribution in [0.4, 0.5) is 0 Å². The molecule has 1 unspecified atom stereocenters. The van der Waals surface area contributed by atoms with Gasteiger partial charge in [-0.1, -0.05) is 0 Å². The molecule has 1 saturated heterocycles. The van der Waals surface area contributed by atoms with Crippen molar-refractivity contribution in [1.82, 2.24) is 4.90 Å². The second kappa shape index (κ2) is 3.96. The number of piperidine rings is 1. The Morgan fingerprint density at radius 3 is 2.15 bits per heavy atom. The zero-order valence-corrected chi connectivity index (χ0v) is 9.56. The minimum absolute atomic E-state index is 0.127. The average molecular weight is 204 g/mol. The number of hydrogen-bond donors (Lipinski definition) is 1. The van der Waals surface area contributed by atoms with Crippen LogP contribution in [0.1, 0.15) is 26.7 Å². The normalized spacial score (nSPS) is 26.2. The lowest BCUT2D eigenvalue weighted by Gasteiger charge is -2.34. The largest absolute Gasteiger partial charge is 0.301 e. The molecule has 0 amide bonds. The van der Waals surface area contributed by atoms with Crippen LogP contribution >= 0.6 is 0 Å². The molecule has 4 heteroatoms. The molecule has 1 N–H and O–H groups in total. The molecule has 0 radical (unpaired) electrons. The van der Waals surface area contributed by atoms with Crippen LogP contribution in [0.25, 0.3) is 0 Å². The standard InChI is InChI=1S/C9H20N2OS/c1-8(2)11-6-4-9(5-7-11)13(3,10)12/h8-10H,4-7H2,1-3H3. The summed E-state index contributed by atoms with van der Waals surface area (Å²) in [7, 11) is -2.30. The van der Waals surface area contributed by atoms with Crippen molar-refractivity contribution < 1.29 is 4.21 Å². The Morgan fingerprint density at radius 2 is 1.85 bits per heavy atom. The van der Waals surface area contributed by atoms with Crippen LogP contribution < -0.4 is 0 Å². The van der Waals surface area contributed by atoms with E-state index >= 15 is 0 Å². The van der Waals surface area contributed by atoms with Crippen LogP contribution in [0.5, 0.6) is 0 Å². The van der Waals surface area contributed by atoms with E-state index in [4.69, 9.17) is 4.78 Å². The molecule has 1 atom stereocenters. The average Bonchev–Trinajstić information content (AvgIpc) is 2.03. The summed E-state index contributed by atoms with van der Waals surface area (Å²) in [5.74, 6) is 0. The predicted octanol–water partition coefficient (Wildman–Crippen LogP) is 1.54. The Bertz CT molecular complexity index is 251. The van der Waals surface area contributed by atoms with Gasteiger partial charge in [-0.25, -0.2) is 4.21 Å². The van der Waals surface area contributed by atoms with E-state index in [1.165, 1.54) is 0 Å². The summed E-state index contributed by atoms with van der Waals surface area (Å²) in [5.41, 5.74) is 0. The highest BCUT2D eigenvalue weighted by Crippen LogP contribution is 2.18. The van der Waals surface area contributed by atoms with Gasteiger partial charge in [-0.2, -0.15) is 0 Å². The fraction of sp³-hybridized carbons (Fsp3) is 1.00. The van der Waals surface area contributed by atoms with Crippen molar-refractivity contribution in [3.63, 3.8) is 0 Å². The number of hydrogen-bond acceptors (Lipinski definition) is 3. The highest BCUT2D eigenvalue weighted by Gasteiger charge is 2.25. The summed E-state index contributed by atoms with van der Waals surface area (Å²) in [5, 5.41) is 0.127. The summed E-state index contributed by atoms with van der Waals surface area (Å²) in [4.78, 5) is 2.39. The van der Waals surface area contributed by atoms with Gasteiger partial charge < -0.3 is 4.90 Å². The molecule has 1 rings (SSSR count). The second-order valence-electron chi connectivity index (χ2n) is 4.23. The van der Waals surface area contributed by atoms with E-state index in [2.05, 4.69) is 18.7 Å². The highest BCUT2D eigenvalue weighted by atomic mass is 32.2. The van der Waals surface area contributed by atoms with Crippen LogP contribution in [0.15, 0.2) is 0 Å². The van der Waals surface area contributed by atoms with Gasteiger partial charge in [-0.15, -0.1) is 0 Å². The SMILES string of the molecule is CC(C)N1CCC(S(C)(=N)=O)CC1. The quantitative estimate of drug-likeness (QED) is 0.741. The first-order valence-corrected chi connectivity index (χ1v) is 6.91. The molecule has 78 valence electrons. The molecule has 1 heterocycles. The molecule has 0 aromatic rings. The summed E-state index contributed by atoms with van der Waals surface area (Å²) < 4.78 is 19.0. The van der Waals surface area contributed by atoms with Gasteiger partial charge in [0.2, 0.25) is 0 Å². The van der Waals surface area contributed by atoms with E-state index in [9.17, 15) is 4.21 Å². The molecule has 3 nitrogen and oxygen atoms in total. The third-order valence-corrected chi connectivity index (χ3v) is 4.59. The Labute approximate surface area is 81.5 Å². The van der Waals surface area contributed by atoms with Crippen LogP contribution in [0.2, 0.25) is 0 Å². The van der Waals surface area contributed by atoms with Gasteiger partial charge in [0.1, 0.15) is 0 Å². The van der Waals surface area contributed by atoms with Gasteiger partial charge >= 0.3 is 0 Å². The van der Waals surface area contributed by atoms with Gasteiger partial charge in [0, 0.05) is 27.3 Å². The smallest absolute Gasteiger partial charge is 0.0449 e. The van der Waals surface area contributed by atoms with Crippen LogP contribution in [0, 0.1) is 4.78 Å². The monoisotopic (exact) mass is 204 g/mol. The van der Waals surface area contributed by atoms with Crippen molar-refractivity contribution in [3.8, 4) is 0 Å². The fourth-order valence-electron chi connectivity index (χ4n) is 1.84. The summed E-state index contributed by atoms with van der Waals surface area (Å²) >= 11 is 0. The minimum atomic E-state index is -2.30. The van der Waals surface area contributed by atoms with Crippen LogP contribution in [-0.2, 0) is 9.73 Å². The van der Waals surface area contributed by atoms with Gasteiger partial charge in [-0.3, -0.25) is 4.78 Å². The maximum atomic E-state index is 11.5. The number of likely N-dealkylation sites (tertiary alicyclic amines) is 1. The molecule has 1 aliphatic rings. The second-order valence-corrected chi connectivity index (χ2v) is 6.71. The lowest BCUT2D eigenvalue weighted by molar-refractivity contribution is 0.187. The van der Waals surface area contributed by atoms with Crippen molar-refractivity contribution in [3.05, 3.63) is 0 Å². The zero-order valence-electron chi connectivity index (χ0n) is 8.75. The van der Waals surface area contributed by atoms with E-state index in [0.29, 0.717) is 6.04 Å². The first-order valence-electron chi connectivity index (χ1n) is 4.88. The number of nitrogens with zero attached hydrogens (tertiary/aromatic N) is 1. The van der Waals surface area contributed by atoms with E-state index in [1.807, 2.05) is 0 Å². The number of rotatable bonds is 2. The molecule has 0 aromatic heterocycles. The molecule has 0 aromatic carbocycles. The summed E-state index contributed by atoms with van der Waals surface area (Å²) in [6, 6.07) is 0.583. The van der Waals surface area contributed by atoms with Crippen LogP contribution in [-0.4, -0.2) is 39.7 Å². The van der Waals surface area contributed by atoms with E-state index in [-0.39, 0.29) is 5.25 Å². The van der Waals surface area contributed by atoms with Gasteiger partial charge in [-0.05, 0) is 39.8 Å². The molecular formula is C9H20N2OS. The first-order chi connectivity index (χ1) is 5.91. The Hall–Kier alpha value is -0.0900.